The Hall–Kier alpha value is -4.26. The van der Waals surface area contributed by atoms with Gasteiger partial charge < -0.3 is 19.3 Å². The second-order valence-corrected chi connectivity index (χ2v) is 8.45. The number of anilines is 1. The molecule has 1 unspecified atom stereocenters. The van der Waals surface area contributed by atoms with Crippen LogP contribution in [-0.4, -0.2) is 36.6 Å². The second kappa shape index (κ2) is 11.6. The number of hydrogen-bond acceptors (Lipinski definition) is 6. The van der Waals surface area contributed by atoms with Crippen molar-refractivity contribution in [1.82, 2.24) is 0 Å². The molecule has 1 saturated heterocycles. The predicted octanol–water partition coefficient (Wildman–Crippen LogP) is 5.90. The average Bonchev–Trinajstić information content (AvgIpc) is 3.18. The Morgan fingerprint density at radius 1 is 0.838 bits per heavy atom. The fraction of sp³-hybridized carbons (Fsp3) is 0.267. The molecule has 0 aliphatic carbocycles. The van der Waals surface area contributed by atoms with Crippen LogP contribution < -0.4 is 19.1 Å². The summed E-state index contributed by atoms with van der Waals surface area (Å²) in [4.78, 5) is 28.3. The number of rotatable bonds is 10. The average molecular weight is 502 g/mol. The van der Waals surface area contributed by atoms with E-state index in [1.807, 2.05) is 57.2 Å². The van der Waals surface area contributed by atoms with E-state index in [1.54, 1.807) is 36.4 Å². The molecule has 4 rings (SSSR count). The van der Waals surface area contributed by atoms with E-state index in [4.69, 9.17) is 14.2 Å². The topological polar surface area (TPSA) is 85.3 Å². The van der Waals surface area contributed by atoms with Crippen LogP contribution in [0.2, 0.25) is 0 Å². The molecule has 0 radical (unpaired) electrons. The first-order chi connectivity index (χ1) is 18.0. The molecule has 1 aliphatic heterocycles. The lowest BCUT2D eigenvalue weighted by Crippen LogP contribution is -2.29. The molecule has 1 amide bonds. The molecular weight excluding hydrogens is 470 g/mol. The number of amides is 1. The van der Waals surface area contributed by atoms with E-state index in [2.05, 4.69) is 0 Å². The Kier molecular flexibility index (Phi) is 8.13. The van der Waals surface area contributed by atoms with E-state index in [0.29, 0.717) is 53.9 Å². The summed E-state index contributed by atoms with van der Waals surface area (Å²) in [7, 11) is 0. The molecule has 192 valence electrons. The Balaban J connectivity index is 1.89. The minimum Gasteiger partial charge on any atom is -0.507 e. The third-order valence-corrected chi connectivity index (χ3v) is 5.95. The van der Waals surface area contributed by atoms with Gasteiger partial charge in [0.15, 0.2) is 0 Å². The van der Waals surface area contributed by atoms with Gasteiger partial charge in [-0.25, -0.2) is 0 Å². The van der Waals surface area contributed by atoms with Crippen LogP contribution in [0.3, 0.4) is 0 Å². The van der Waals surface area contributed by atoms with Gasteiger partial charge in [0, 0.05) is 17.8 Å². The molecule has 1 N–H and O–H groups in total. The van der Waals surface area contributed by atoms with Crippen molar-refractivity contribution in [3.63, 3.8) is 0 Å². The molecule has 0 aromatic heterocycles. The highest BCUT2D eigenvalue weighted by Gasteiger charge is 2.47. The van der Waals surface area contributed by atoms with Gasteiger partial charge in [0.1, 0.15) is 23.0 Å². The number of ketones is 1. The zero-order chi connectivity index (χ0) is 26.4. The van der Waals surface area contributed by atoms with Crippen molar-refractivity contribution in [3.8, 4) is 17.2 Å². The van der Waals surface area contributed by atoms with Gasteiger partial charge in [0.25, 0.3) is 11.7 Å². The number of nitrogens with zero attached hydrogens (tertiary/aromatic N) is 1. The van der Waals surface area contributed by atoms with Crippen LogP contribution in [0, 0.1) is 0 Å². The van der Waals surface area contributed by atoms with Gasteiger partial charge in [-0.2, -0.15) is 0 Å². The Labute approximate surface area is 216 Å². The zero-order valence-corrected chi connectivity index (χ0v) is 21.3. The lowest BCUT2D eigenvalue weighted by Gasteiger charge is -2.26. The van der Waals surface area contributed by atoms with Crippen LogP contribution in [0.5, 0.6) is 17.2 Å². The number of aliphatic hydroxyl groups excluding tert-OH is 1. The fourth-order valence-electron chi connectivity index (χ4n) is 4.37. The highest BCUT2D eigenvalue weighted by molar-refractivity contribution is 6.51. The molecule has 1 atom stereocenters. The summed E-state index contributed by atoms with van der Waals surface area (Å²) >= 11 is 0. The first kappa shape index (κ1) is 25.8. The van der Waals surface area contributed by atoms with E-state index in [9.17, 15) is 14.7 Å². The second-order valence-electron chi connectivity index (χ2n) is 8.45. The summed E-state index contributed by atoms with van der Waals surface area (Å²) < 4.78 is 17.1. The third-order valence-electron chi connectivity index (χ3n) is 5.95. The maximum Gasteiger partial charge on any atom is 0.300 e. The molecule has 37 heavy (non-hydrogen) atoms. The zero-order valence-electron chi connectivity index (χ0n) is 21.3. The first-order valence-electron chi connectivity index (χ1n) is 12.5. The fourth-order valence-corrected chi connectivity index (χ4v) is 4.37. The number of Topliss-reactive ketones (excluding diaryl/α,β-unsaturated/α-hetero) is 1. The van der Waals surface area contributed by atoms with Crippen molar-refractivity contribution in [2.75, 3.05) is 24.7 Å². The van der Waals surface area contributed by atoms with Crippen LogP contribution >= 0.6 is 0 Å². The summed E-state index contributed by atoms with van der Waals surface area (Å²) in [6, 6.07) is 20.4. The monoisotopic (exact) mass is 501 g/mol. The van der Waals surface area contributed by atoms with E-state index in [1.165, 1.54) is 4.90 Å². The van der Waals surface area contributed by atoms with Gasteiger partial charge in [-0.3, -0.25) is 14.5 Å². The third kappa shape index (κ3) is 5.31. The van der Waals surface area contributed by atoms with E-state index in [0.717, 1.165) is 6.42 Å². The molecule has 1 aliphatic rings. The number of benzene rings is 3. The normalized spacial score (nSPS) is 16.6. The lowest BCUT2D eigenvalue weighted by atomic mass is 9.95. The summed E-state index contributed by atoms with van der Waals surface area (Å²) in [5, 5.41) is 11.5. The minimum atomic E-state index is -0.844. The van der Waals surface area contributed by atoms with Crippen LogP contribution in [0.25, 0.3) is 5.76 Å². The molecule has 7 heteroatoms. The van der Waals surface area contributed by atoms with Crippen molar-refractivity contribution in [3.05, 3.63) is 89.5 Å². The van der Waals surface area contributed by atoms with Crippen LogP contribution in [0.15, 0.2) is 78.4 Å². The molecule has 7 nitrogen and oxygen atoms in total. The van der Waals surface area contributed by atoms with Crippen molar-refractivity contribution < 1.29 is 28.9 Å². The molecule has 0 spiro atoms. The van der Waals surface area contributed by atoms with Gasteiger partial charge in [0.05, 0.1) is 37.0 Å². The largest absolute Gasteiger partial charge is 0.507 e. The maximum absolute atomic E-state index is 13.5. The highest BCUT2D eigenvalue weighted by atomic mass is 16.5. The molecule has 1 heterocycles. The summed E-state index contributed by atoms with van der Waals surface area (Å²) in [5.74, 6) is -0.280. The van der Waals surface area contributed by atoms with Gasteiger partial charge in [0.2, 0.25) is 0 Å². The van der Waals surface area contributed by atoms with Gasteiger partial charge in [-0.1, -0.05) is 43.3 Å². The number of carbonyl (C=O) groups excluding carboxylic acids is 2. The number of carbonyl (C=O) groups is 2. The molecule has 1 fully saturated rings. The minimum absolute atomic E-state index is 0.0128. The van der Waals surface area contributed by atoms with Crippen molar-refractivity contribution >= 4 is 23.1 Å². The Morgan fingerprint density at radius 3 is 2.27 bits per heavy atom. The molecular formula is C30H31NO6. The Bertz CT molecular complexity index is 1300. The predicted molar refractivity (Wildman–Crippen MR) is 142 cm³/mol. The van der Waals surface area contributed by atoms with E-state index < -0.39 is 17.7 Å². The number of aliphatic hydroxyl groups is 1. The summed E-state index contributed by atoms with van der Waals surface area (Å²) in [6.45, 7) is 7.05. The smallest absolute Gasteiger partial charge is 0.300 e. The summed E-state index contributed by atoms with van der Waals surface area (Å²) in [6.07, 6.45) is 0.836. The van der Waals surface area contributed by atoms with E-state index >= 15 is 0 Å². The lowest BCUT2D eigenvalue weighted by molar-refractivity contribution is -0.132. The number of hydrogen-bond donors (Lipinski definition) is 1. The number of ether oxygens (including phenoxy) is 3. The van der Waals surface area contributed by atoms with E-state index in [-0.39, 0.29) is 11.3 Å². The molecule has 3 aromatic rings. The molecule has 0 bridgehead atoms. The van der Waals surface area contributed by atoms with Gasteiger partial charge in [-0.15, -0.1) is 0 Å². The van der Waals surface area contributed by atoms with Crippen LogP contribution in [0.4, 0.5) is 5.69 Å². The SMILES string of the molecule is CCCOc1cccc(N2C(=O)C(=O)/C(=C(\O)c3ccc(OCC)cc3OCC)C2c2ccccc2)c1. The first-order valence-corrected chi connectivity index (χ1v) is 12.5. The molecule has 3 aromatic carbocycles. The standard InChI is InChI=1S/C30H31NO6/c1-4-17-37-22-14-10-13-21(18-22)31-27(20-11-8-7-9-12-20)26(29(33)30(31)34)28(32)24-16-15-23(35-5-2)19-25(24)36-6-3/h7-16,18-19,27,32H,4-6,17H2,1-3H3/b28-26-. The maximum atomic E-state index is 13.5. The Morgan fingerprint density at radius 2 is 1.57 bits per heavy atom. The van der Waals surface area contributed by atoms with Gasteiger partial charge >= 0.3 is 0 Å². The van der Waals surface area contributed by atoms with Crippen molar-refractivity contribution in [2.24, 2.45) is 0 Å². The van der Waals surface area contributed by atoms with Crippen molar-refractivity contribution in [1.29, 1.82) is 0 Å². The molecule has 0 saturated carbocycles. The van der Waals surface area contributed by atoms with Gasteiger partial charge in [-0.05, 0) is 50.1 Å². The highest BCUT2D eigenvalue weighted by Crippen LogP contribution is 2.44. The summed E-state index contributed by atoms with van der Waals surface area (Å²) in [5.41, 5.74) is 1.48. The van der Waals surface area contributed by atoms with Crippen LogP contribution in [-0.2, 0) is 9.59 Å². The quantitative estimate of drug-likeness (QED) is 0.212. The van der Waals surface area contributed by atoms with Crippen molar-refractivity contribution in [2.45, 2.75) is 33.2 Å². The van der Waals surface area contributed by atoms with Crippen LogP contribution in [0.1, 0.15) is 44.4 Å².